The second kappa shape index (κ2) is 7.04. The van der Waals surface area contributed by atoms with Crippen molar-refractivity contribution in [3.05, 3.63) is 78.2 Å². The molecule has 0 fully saturated rings. The Balaban J connectivity index is 1.76. The van der Waals surface area contributed by atoms with Crippen molar-refractivity contribution < 1.29 is 21.6 Å². The van der Waals surface area contributed by atoms with Gasteiger partial charge in [-0.05, 0) is 36.4 Å². The lowest BCUT2D eigenvalue weighted by molar-refractivity contribution is 0.449. The van der Waals surface area contributed by atoms with Crippen LogP contribution in [0, 0.1) is 17.5 Å². The van der Waals surface area contributed by atoms with Crippen LogP contribution >= 0.6 is 0 Å². The maximum absolute atomic E-state index is 13.6. The molecular formula is C17H12F3N3O2S. The highest BCUT2D eigenvalue weighted by molar-refractivity contribution is 7.92. The molecule has 134 valence electrons. The number of anilines is 3. The lowest BCUT2D eigenvalue weighted by Gasteiger charge is -2.10. The summed E-state index contributed by atoms with van der Waals surface area (Å²) >= 11 is 0. The van der Waals surface area contributed by atoms with Crippen molar-refractivity contribution in [3.8, 4) is 0 Å². The molecule has 0 amide bonds. The van der Waals surface area contributed by atoms with Gasteiger partial charge in [-0.3, -0.25) is 4.72 Å². The SMILES string of the molecule is O=S(=O)(Nc1ccc(Nc2ccc(F)c(F)c2F)nc1)c1ccccc1. The van der Waals surface area contributed by atoms with Gasteiger partial charge in [-0.25, -0.2) is 26.6 Å². The molecule has 2 aromatic carbocycles. The third-order valence-electron chi connectivity index (χ3n) is 3.37. The summed E-state index contributed by atoms with van der Waals surface area (Å²) in [4.78, 5) is 4.01. The minimum absolute atomic E-state index is 0.0889. The van der Waals surface area contributed by atoms with Crippen LogP contribution in [0.25, 0.3) is 0 Å². The number of benzene rings is 2. The predicted molar refractivity (Wildman–Crippen MR) is 91.1 cm³/mol. The van der Waals surface area contributed by atoms with E-state index in [0.29, 0.717) is 0 Å². The van der Waals surface area contributed by atoms with E-state index in [1.54, 1.807) is 18.2 Å². The maximum atomic E-state index is 13.6. The van der Waals surface area contributed by atoms with Gasteiger partial charge in [0.25, 0.3) is 10.0 Å². The van der Waals surface area contributed by atoms with Crippen molar-refractivity contribution in [2.24, 2.45) is 0 Å². The van der Waals surface area contributed by atoms with Gasteiger partial charge in [0.2, 0.25) is 0 Å². The summed E-state index contributed by atoms with van der Waals surface area (Å²) in [5.41, 5.74) is -0.112. The highest BCUT2D eigenvalue weighted by Crippen LogP contribution is 2.23. The molecule has 0 saturated carbocycles. The van der Waals surface area contributed by atoms with Crippen molar-refractivity contribution in [2.45, 2.75) is 4.90 Å². The Morgan fingerprint density at radius 2 is 1.58 bits per heavy atom. The Bertz CT molecular complexity index is 1030. The molecule has 26 heavy (non-hydrogen) atoms. The van der Waals surface area contributed by atoms with Crippen molar-refractivity contribution >= 4 is 27.2 Å². The van der Waals surface area contributed by atoms with E-state index in [1.165, 1.54) is 30.5 Å². The van der Waals surface area contributed by atoms with Crippen LogP contribution in [0.15, 0.2) is 65.7 Å². The third-order valence-corrected chi connectivity index (χ3v) is 4.76. The second-order valence-electron chi connectivity index (χ2n) is 5.20. The number of sulfonamides is 1. The Hall–Kier alpha value is -3.07. The molecule has 0 bridgehead atoms. The summed E-state index contributed by atoms with van der Waals surface area (Å²) < 4.78 is 66.6. The molecule has 2 N–H and O–H groups in total. The molecule has 5 nitrogen and oxygen atoms in total. The van der Waals surface area contributed by atoms with E-state index in [4.69, 9.17) is 0 Å². The molecule has 0 aliphatic heterocycles. The Labute approximate surface area is 147 Å². The van der Waals surface area contributed by atoms with Gasteiger partial charge in [0.05, 0.1) is 22.5 Å². The molecule has 3 aromatic rings. The van der Waals surface area contributed by atoms with Gasteiger partial charge < -0.3 is 5.32 Å². The molecule has 0 radical (unpaired) electrons. The number of hydrogen-bond donors (Lipinski definition) is 2. The van der Waals surface area contributed by atoms with E-state index in [9.17, 15) is 21.6 Å². The first-order chi connectivity index (χ1) is 12.4. The number of nitrogens with one attached hydrogen (secondary N) is 2. The average Bonchev–Trinajstić information content (AvgIpc) is 2.64. The van der Waals surface area contributed by atoms with Crippen LogP contribution in [0.3, 0.4) is 0 Å². The zero-order chi connectivity index (χ0) is 18.7. The quantitative estimate of drug-likeness (QED) is 0.657. The van der Waals surface area contributed by atoms with E-state index in [1.807, 2.05) is 0 Å². The average molecular weight is 379 g/mol. The largest absolute Gasteiger partial charge is 0.338 e. The standard InChI is InChI=1S/C17H12F3N3O2S/c18-13-7-8-14(17(20)16(13)19)22-15-9-6-11(10-21-15)23-26(24,25)12-4-2-1-3-5-12/h1-10,23H,(H,21,22). The first-order valence-corrected chi connectivity index (χ1v) is 8.79. The van der Waals surface area contributed by atoms with Crippen LogP contribution in [0.1, 0.15) is 0 Å². The van der Waals surface area contributed by atoms with E-state index in [2.05, 4.69) is 15.0 Å². The lowest BCUT2D eigenvalue weighted by Crippen LogP contribution is -2.13. The maximum Gasteiger partial charge on any atom is 0.261 e. The fraction of sp³-hybridized carbons (Fsp3) is 0. The Morgan fingerprint density at radius 3 is 2.23 bits per heavy atom. The van der Waals surface area contributed by atoms with E-state index < -0.39 is 27.5 Å². The number of nitrogens with zero attached hydrogens (tertiary/aromatic N) is 1. The third kappa shape index (κ3) is 3.77. The fourth-order valence-electron chi connectivity index (χ4n) is 2.10. The van der Waals surface area contributed by atoms with E-state index in [0.717, 1.165) is 12.1 Å². The van der Waals surface area contributed by atoms with Crippen LogP contribution in [-0.4, -0.2) is 13.4 Å². The molecule has 0 atom stereocenters. The van der Waals surface area contributed by atoms with Crippen molar-refractivity contribution in [2.75, 3.05) is 10.0 Å². The van der Waals surface area contributed by atoms with Gasteiger partial charge in [-0.1, -0.05) is 18.2 Å². The number of halogens is 3. The topological polar surface area (TPSA) is 71.1 Å². The van der Waals surface area contributed by atoms with Crippen LogP contribution in [-0.2, 0) is 10.0 Å². The summed E-state index contributed by atoms with van der Waals surface area (Å²) in [5, 5.41) is 2.49. The minimum Gasteiger partial charge on any atom is -0.338 e. The molecule has 0 aliphatic rings. The highest BCUT2D eigenvalue weighted by atomic mass is 32.2. The summed E-state index contributed by atoms with van der Waals surface area (Å²) in [5.74, 6) is -4.15. The number of aromatic nitrogens is 1. The van der Waals surface area contributed by atoms with Gasteiger partial charge in [-0.2, -0.15) is 0 Å². The first-order valence-electron chi connectivity index (χ1n) is 7.31. The second-order valence-corrected chi connectivity index (χ2v) is 6.88. The van der Waals surface area contributed by atoms with Crippen molar-refractivity contribution in [3.63, 3.8) is 0 Å². The zero-order valence-electron chi connectivity index (χ0n) is 13.1. The molecular weight excluding hydrogens is 367 g/mol. The van der Waals surface area contributed by atoms with Crippen LogP contribution in [0.2, 0.25) is 0 Å². The summed E-state index contributed by atoms with van der Waals surface area (Å²) in [6.07, 6.45) is 1.21. The van der Waals surface area contributed by atoms with E-state index in [-0.39, 0.29) is 22.1 Å². The normalized spacial score (nSPS) is 11.2. The molecule has 0 unspecified atom stereocenters. The zero-order valence-corrected chi connectivity index (χ0v) is 13.9. The predicted octanol–water partition coefficient (Wildman–Crippen LogP) is 4.04. The molecule has 1 heterocycles. The monoisotopic (exact) mass is 379 g/mol. The smallest absolute Gasteiger partial charge is 0.261 e. The molecule has 3 rings (SSSR count). The van der Waals surface area contributed by atoms with Gasteiger partial charge >= 0.3 is 0 Å². The Morgan fingerprint density at radius 1 is 0.846 bits per heavy atom. The summed E-state index contributed by atoms with van der Waals surface area (Å²) in [7, 11) is -3.76. The highest BCUT2D eigenvalue weighted by Gasteiger charge is 2.15. The van der Waals surface area contributed by atoms with Crippen molar-refractivity contribution in [1.82, 2.24) is 4.98 Å². The van der Waals surface area contributed by atoms with Gasteiger partial charge in [-0.15, -0.1) is 0 Å². The number of hydrogen-bond acceptors (Lipinski definition) is 4. The van der Waals surface area contributed by atoms with Gasteiger partial charge in [0.1, 0.15) is 5.82 Å². The summed E-state index contributed by atoms with van der Waals surface area (Å²) in [6.45, 7) is 0. The fourth-order valence-corrected chi connectivity index (χ4v) is 3.17. The number of rotatable bonds is 5. The minimum atomic E-state index is -3.76. The van der Waals surface area contributed by atoms with Gasteiger partial charge in [0, 0.05) is 0 Å². The lowest BCUT2D eigenvalue weighted by atomic mass is 10.2. The molecule has 1 aromatic heterocycles. The Kier molecular flexibility index (Phi) is 4.81. The molecule has 0 spiro atoms. The van der Waals surface area contributed by atoms with Gasteiger partial charge in [0.15, 0.2) is 17.5 Å². The molecule has 0 saturated heterocycles. The number of pyridine rings is 1. The van der Waals surface area contributed by atoms with Crippen LogP contribution in [0.4, 0.5) is 30.4 Å². The molecule has 9 heteroatoms. The summed E-state index contributed by atoms with van der Waals surface area (Å²) in [6, 6.07) is 12.3. The van der Waals surface area contributed by atoms with Crippen LogP contribution < -0.4 is 10.0 Å². The molecule has 0 aliphatic carbocycles. The van der Waals surface area contributed by atoms with Crippen molar-refractivity contribution in [1.29, 1.82) is 0 Å². The first kappa shape index (κ1) is 17.7. The van der Waals surface area contributed by atoms with Crippen LogP contribution in [0.5, 0.6) is 0 Å². The van der Waals surface area contributed by atoms with E-state index >= 15 is 0 Å².